The molecule has 0 bridgehead atoms. The lowest BCUT2D eigenvalue weighted by Crippen LogP contribution is -2.49. The van der Waals surface area contributed by atoms with Crippen LogP contribution in [0.25, 0.3) is 0 Å². The van der Waals surface area contributed by atoms with Crippen LogP contribution in [0.5, 0.6) is 0 Å². The molecule has 1 aliphatic rings. The van der Waals surface area contributed by atoms with Gasteiger partial charge in [0.05, 0.1) is 25.3 Å². The van der Waals surface area contributed by atoms with Gasteiger partial charge in [0.25, 0.3) is 5.91 Å². The summed E-state index contributed by atoms with van der Waals surface area (Å²) in [5.74, 6) is 0.336. The Morgan fingerprint density at radius 1 is 1.15 bits per heavy atom. The van der Waals surface area contributed by atoms with Crippen molar-refractivity contribution < 1.29 is 28.3 Å². The van der Waals surface area contributed by atoms with Crippen LogP contribution >= 0.6 is 11.3 Å². The standard InChI is InChI=1S/C29H50N2O6SSi/c1-9-36-25(32)17-14-20(2)21-12-10-11-13-22(16-15-21)27-31-24(19-38-27)26(33)30-23(28(34)35-6)18-37-39(7,8)29(3,4)5/h19-23H,9-18H2,1-8H3,(H,30,33)/t20?,21?,22?,23-/m0/s1. The molecule has 1 N–H and O–H groups in total. The Balaban J connectivity index is 2.00. The normalized spacial score (nSPS) is 20.3. The van der Waals surface area contributed by atoms with E-state index in [1.807, 2.05) is 6.92 Å². The van der Waals surface area contributed by atoms with E-state index in [2.05, 4.69) is 46.1 Å². The smallest absolute Gasteiger partial charge is 0.330 e. The van der Waals surface area contributed by atoms with Crippen molar-refractivity contribution in [2.45, 2.75) is 116 Å². The van der Waals surface area contributed by atoms with Gasteiger partial charge in [-0.1, -0.05) is 47.0 Å². The average molecular weight is 583 g/mol. The van der Waals surface area contributed by atoms with Gasteiger partial charge < -0.3 is 19.2 Å². The lowest BCUT2D eigenvalue weighted by Gasteiger charge is -2.37. The zero-order chi connectivity index (χ0) is 29.2. The van der Waals surface area contributed by atoms with Gasteiger partial charge in [0.15, 0.2) is 8.32 Å². The number of nitrogens with one attached hydrogen (secondary N) is 1. The van der Waals surface area contributed by atoms with E-state index in [-0.39, 0.29) is 23.5 Å². The third-order valence-electron chi connectivity index (χ3n) is 8.49. The number of carbonyl (C=O) groups excluding carboxylic acids is 3. The topological polar surface area (TPSA) is 104 Å². The summed E-state index contributed by atoms with van der Waals surface area (Å²) in [6.45, 7) is 15.2. The second-order valence-corrected chi connectivity index (χ2v) is 18.0. The minimum Gasteiger partial charge on any atom is -0.467 e. The van der Waals surface area contributed by atoms with Gasteiger partial charge in [-0.15, -0.1) is 11.3 Å². The van der Waals surface area contributed by atoms with Gasteiger partial charge in [-0.05, 0) is 62.6 Å². The molecular formula is C29H50N2O6SSi. The molecule has 1 aliphatic carbocycles. The van der Waals surface area contributed by atoms with Gasteiger partial charge in [-0.2, -0.15) is 0 Å². The predicted molar refractivity (Wildman–Crippen MR) is 157 cm³/mol. The molecule has 0 radical (unpaired) electrons. The fourth-order valence-electron chi connectivity index (χ4n) is 4.76. The summed E-state index contributed by atoms with van der Waals surface area (Å²) in [5, 5.41) is 5.54. The summed E-state index contributed by atoms with van der Waals surface area (Å²) < 4.78 is 16.2. The highest BCUT2D eigenvalue weighted by Gasteiger charge is 2.38. The fraction of sp³-hybridized carbons (Fsp3) is 0.793. The molecule has 222 valence electrons. The molecule has 0 aliphatic heterocycles. The molecule has 0 aromatic carbocycles. The maximum absolute atomic E-state index is 13.1. The molecule has 39 heavy (non-hydrogen) atoms. The van der Waals surface area contributed by atoms with Crippen molar-refractivity contribution in [1.82, 2.24) is 10.3 Å². The molecule has 1 heterocycles. The average Bonchev–Trinajstić information content (AvgIpc) is 3.34. The van der Waals surface area contributed by atoms with E-state index < -0.39 is 20.3 Å². The minimum absolute atomic E-state index is 0.0171. The van der Waals surface area contributed by atoms with Gasteiger partial charge in [-0.25, -0.2) is 9.78 Å². The number of thiazole rings is 1. The van der Waals surface area contributed by atoms with Crippen molar-refractivity contribution in [2.24, 2.45) is 11.8 Å². The zero-order valence-corrected chi connectivity index (χ0v) is 27.1. The maximum Gasteiger partial charge on any atom is 0.330 e. The minimum atomic E-state index is -2.11. The Bertz CT molecular complexity index is 944. The summed E-state index contributed by atoms with van der Waals surface area (Å²) >= 11 is 1.52. The second-order valence-electron chi connectivity index (χ2n) is 12.3. The van der Waals surface area contributed by atoms with Crippen molar-refractivity contribution in [3.8, 4) is 0 Å². The number of hydrogen-bond acceptors (Lipinski definition) is 8. The van der Waals surface area contributed by atoms with Crippen molar-refractivity contribution in [1.29, 1.82) is 0 Å². The molecule has 1 amide bonds. The number of nitrogens with zero attached hydrogens (tertiary/aromatic N) is 1. The summed E-state index contributed by atoms with van der Waals surface area (Å²) in [4.78, 5) is 42.0. The van der Waals surface area contributed by atoms with Crippen molar-refractivity contribution in [2.75, 3.05) is 20.3 Å². The Kier molecular flexibility index (Phi) is 13.1. The van der Waals surface area contributed by atoms with E-state index in [0.29, 0.717) is 36.5 Å². The molecule has 4 atom stereocenters. The molecule has 10 heteroatoms. The van der Waals surface area contributed by atoms with Crippen molar-refractivity contribution >= 4 is 37.5 Å². The second kappa shape index (κ2) is 15.3. The highest BCUT2D eigenvalue weighted by Crippen LogP contribution is 2.38. The molecule has 8 nitrogen and oxygen atoms in total. The first-order valence-electron chi connectivity index (χ1n) is 14.4. The van der Waals surface area contributed by atoms with E-state index in [1.165, 1.54) is 31.3 Å². The number of aromatic nitrogens is 1. The number of esters is 2. The van der Waals surface area contributed by atoms with Gasteiger partial charge in [0.2, 0.25) is 0 Å². The lowest BCUT2D eigenvalue weighted by atomic mass is 9.78. The van der Waals surface area contributed by atoms with Gasteiger partial charge in [0.1, 0.15) is 11.7 Å². The largest absolute Gasteiger partial charge is 0.467 e. The van der Waals surface area contributed by atoms with Crippen LogP contribution in [0.15, 0.2) is 5.38 Å². The first-order valence-corrected chi connectivity index (χ1v) is 18.2. The van der Waals surface area contributed by atoms with Crippen LogP contribution in [0, 0.1) is 11.8 Å². The van der Waals surface area contributed by atoms with Crippen LogP contribution in [0.1, 0.15) is 107 Å². The van der Waals surface area contributed by atoms with E-state index in [9.17, 15) is 14.4 Å². The number of carbonyl (C=O) groups is 3. The third-order valence-corrected chi connectivity index (χ3v) is 14.0. The summed E-state index contributed by atoms with van der Waals surface area (Å²) in [6.07, 6.45) is 7.99. The SMILES string of the molecule is CCOC(=O)CCC(C)C1CCCCC(c2nc(C(=O)N[C@@H](CO[Si](C)(C)C(C)(C)C)C(=O)OC)cs2)CC1. The van der Waals surface area contributed by atoms with E-state index in [0.717, 1.165) is 37.1 Å². The zero-order valence-electron chi connectivity index (χ0n) is 25.3. The quantitative estimate of drug-likeness (QED) is 0.222. The molecule has 2 rings (SSSR count). The first kappa shape index (κ1) is 33.4. The fourth-order valence-corrected chi connectivity index (χ4v) is 6.75. The molecule has 1 aromatic heterocycles. The van der Waals surface area contributed by atoms with Crippen LogP contribution in [0.3, 0.4) is 0 Å². The molecule has 1 saturated carbocycles. The molecule has 1 fully saturated rings. The molecule has 1 aromatic rings. The number of ether oxygens (including phenoxy) is 2. The third kappa shape index (κ3) is 10.3. The predicted octanol–water partition coefficient (Wildman–Crippen LogP) is 6.47. The molecule has 0 spiro atoms. The molecule has 3 unspecified atom stereocenters. The van der Waals surface area contributed by atoms with Crippen molar-refractivity contribution in [3.63, 3.8) is 0 Å². The monoisotopic (exact) mass is 582 g/mol. The van der Waals surface area contributed by atoms with E-state index in [1.54, 1.807) is 5.38 Å². The van der Waals surface area contributed by atoms with Crippen molar-refractivity contribution in [3.05, 3.63) is 16.1 Å². The summed E-state index contributed by atoms with van der Waals surface area (Å²) in [6, 6.07) is -0.889. The Labute approximate surface area is 240 Å². The van der Waals surface area contributed by atoms with Crippen LogP contribution < -0.4 is 5.32 Å². The summed E-state index contributed by atoms with van der Waals surface area (Å²) in [5.41, 5.74) is 0.331. The Morgan fingerprint density at radius 3 is 2.49 bits per heavy atom. The molecule has 0 saturated heterocycles. The highest BCUT2D eigenvalue weighted by molar-refractivity contribution is 7.09. The van der Waals surface area contributed by atoms with E-state index >= 15 is 0 Å². The first-order chi connectivity index (χ1) is 18.3. The van der Waals surface area contributed by atoms with Crippen LogP contribution in [0.2, 0.25) is 18.1 Å². The Hall–Kier alpha value is -1.78. The molecular weight excluding hydrogens is 532 g/mol. The number of amides is 1. The number of hydrogen-bond donors (Lipinski definition) is 1. The number of methoxy groups -OCH3 is 1. The Morgan fingerprint density at radius 2 is 1.85 bits per heavy atom. The number of rotatable bonds is 12. The van der Waals surface area contributed by atoms with Gasteiger partial charge >= 0.3 is 11.9 Å². The lowest BCUT2D eigenvalue weighted by molar-refractivity contribution is -0.144. The van der Waals surface area contributed by atoms with Crippen LogP contribution in [-0.2, 0) is 23.5 Å². The summed E-state index contributed by atoms with van der Waals surface area (Å²) in [7, 11) is -0.795. The highest BCUT2D eigenvalue weighted by atomic mass is 32.1. The van der Waals surface area contributed by atoms with Crippen LogP contribution in [0.4, 0.5) is 0 Å². The van der Waals surface area contributed by atoms with E-state index in [4.69, 9.17) is 18.9 Å². The van der Waals surface area contributed by atoms with Gasteiger partial charge in [-0.3, -0.25) is 9.59 Å². The van der Waals surface area contributed by atoms with Gasteiger partial charge in [0, 0.05) is 17.7 Å². The van der Waals surface area contributed by atoms with Crippen LogP contribution in [-0.4, -0.2) is 57.5 Å². The maximum atomic E-state index is 13.1.